The predicted octanol–water partition coefficient (Wildman–Crippen LogP) is 4.25. The van der Waals surface area contributed by atoms with Crippen LogP contribution >= 0.6 is 0 Å². The van der Waals surface area contributed by atoms with E-state index in [0.717, 1.165) is 12.1 Å². The molecule has 0 unspecified atom stereocenters. The molecule has 2 aromatic carbocycles. The van der Waals surface area contributed by atoms with Crippen molar-refractivity contribution >= 4 is 23.1 Å². The average molecular weight is 356 g/mol. The molecule has 0 amide bonds. The molecule has 0 aliphatic heterocycles. The summed E-state index contributed by atoms with van der Waals surface area (Å²) in [6.45, 7) is 0. The molecule has 0 saturated carbocycles. The van der Waals surface area contributed by atoms with E-state index in [1.165, 1.54) is 18.3 Å². The van der Waals surface area contributed by atoms with Gasteiger partial charge in [0.05, 0.1) is 23.0 Å². The van der Waals surface area contributed by atoms with Gasteiger partial charge in [-0.3, -0.25) is 0 Å². The van der Waals surface area contributed by atoms with E-state index in [0.29, 0.717) is 22.8 Å². The lowest BCUT2D eigenvalue weighted by Gasteiger charge is -2.10. The summed E-state index contributed by atoms with van der Waals surface area (Å²) < 4.78 is 37.7. The van der Waals surface area contributed by atoms with Gasteiger partial charge in [-0.15, -0.1) is 5.10 Å². The number of hydrogen-bond donors (Lipinski definition) is 2. The fourth-order valence-electron chi connectivity index (χ4n) is 2.12. The van der Waals surface area contributed by atoms with Crippen LogP contribution in [0.15, 0.2) is 54.7 Å². The molecule has 0 saturated heterocycles. The average Bonchev–Trinajstić information content (AvgIpc) is 2.62. The number of nitrogens with one attached hydrogen (secondary N) is 2. The summed E-state index contributed by atoms with van der Waals surface area (Å²) in [6, 6.07) is 13.4. The Morgan fingerprint density at radius 3 is 2.38 bits per heavy atom. The van der Waals surface area contributed by atoms with Crippen molar-refractivity contribution in [3.63, 3.8) is 0 Å². The smallest absolute Gasteiger partial charge is 0.338 e. The lowest BCUT2D eigenvalue weighted by Crippen LogP contribution is -2.05. The first-order valence-corrected chi connectivity index (χ1v) is 7.36. The number of hydrogen-bond acceptors (Lipinski definition) is 6. The van der Waals surface area contributed by atoms with Crippen LogP contribution in [0.4, 0.5) is 36.3 Å². The number of rotatable bonds is 4. The van der Waals surface area contributed by atoms with Crippen LogP contribution in [0.2, 0.25) is 0 Å². The third-order valence-corrected chi connectivity index (χ3v) is 3.34. The Morgan fingerprint density at radius 1 is 0.962 bits per heavy atom. The molecule has 0 fully saturated rings. The second-order valence-electron chi connectivity index (χ2n) is 5.15. The van der Waals surface area contributed by atoms with Gasteiger partial charge in [0.15, 0.2) is 5.82 Å². The number of para-hydroxylation sites is 1. The van der Waals surface area contributed by atoms with Crippen molar-refractivity contribution in [3.8, 4) is 6.07 Å². The van der Waals surface area contributed by atoms with E-state index in [4.69, 9.17) is 5.26 Å². The second-order valence-corrected chi connectivity index (χ2v) is 5.15. The second kappa shape index (κ2) is 7.06. The Kier molecular flexibility index (Phi) is 4.66. The summed E-state index contributed by atoms with van der Waals surface area (Å²) in [5.74, 6) is 0.432. The van der Waals surface area contributed by atoms with Gasteiger partial charge in [0, 0.05) is 5.69 Å². The van der Waals surface area contributed by atoms with Crippen molar-refractivity contribution in [3.05, 3.63) is 65.9 Å². The van der Waals surface area contributed by atoms with Crippen molar-refractivity contribution in [2.24, 2.45) is 0 Å². The Morgan fingerprint density at radius 2 is 1.69 bits per heavy atom. The van der Waals surface area contributed by atoms with E-state index >= 15 is 0 Å². The molecule has 9 heteroatoms. The molecular formula is C17H11F3N6. The maximum absolute atomic E-state index is 12.6. The fourth-order valence-corrected chi connectivity index (χ4v) is 2.12. The zero-order valence-corrected chi connectivity index (χ0v) is 13.1. The maximum atomic E-state index is 12.6. The largest absolute Gasteiger partial charge is 0.416 e. The lowest BCUT2D eigenvalue weighted by atomic mass is 10.2. The molecule has 1 heterocycles. The number of aromatic nitrogens is 3. The monoisotopic (exact) mass is 356 g/mol. The maximum Gasteiger partial charge on any atom is 0.416 e. The van der Waals surface area contributed by atoms with Crippen LogP contribution in [-0.2, 0) is 6.18 Å². The van der Waals surface area contributed by atoms with Crippen LogP contribution in [0.1, 0.15) is 11.1 Å². The molecule has 6 nitrogen and oxygen atoms in total. The minimum absolute atomic E-state index is 0.101. The van der Waals surface area contributed by atoms with Gasteiger partial charge >= 0.3 is 6.18 Å². The van der Waals surface area contributed by atoms with Crippen LogP contribution in [0.25, 0.3) is 0 Å². The first kappa shape index (κ1) is 17.2. The molecule has 0 aliphatic carbocycles. The van der Waals surface area contributed by atoms with Crippen molar-refractivity contribution in [2.45, 2.75) is 6.18 Å². The molecule has 0 atom stereocenters. The summed E-state index contributed by atoms with van der Waals surface area (Å²) >= 11 is 0. The third-order valence-electron chi connectivity index (χ3n) is 3.34. The molecule has 0 spiro atoms. The number of nitriles is 1. The summed E-state index contributed by atoms with van der Waals surface area (Å²) in [4.78, 5) is 4.18. The SMILES string of the molecule is N#Cc1ccccc1Nc1cnnc(Nc2ccc(C(F)(F)F)cc2)n1. The zero-order chi connectivity index (χ0) is 18.6. The summed E-state index contributed by atoms with van der Waals surface area (Å²) in [5, 5.41) is 22.4. The minimum atomic E-state index is -4.39. The predicted molar refractivity (Wildman–Crippen MR) is 89.0 cm³/mol. The molecule has 26 heavy (non-hydrogen) atoms. The Hall–Kier alpha value is -3.67. The topological polar surface area (TPSA) is 86.5 Å². The summed E-state index contributed by atoms with van der Waals surface area (Å²) in [6.07, 6.45) is -3.03. The zero-order valence-electron chi connectivity index (χ0n) is 13.1. The van der Waals surface area contributed by atoms with Crippen molar-refractivity contribution in [1.82, 2.24) is 15.2 Å². The first-order chi connectivity index (χ1) is 12.5. The standard InChI is InChI=1S/C17H11F3N6/c18-17(19,20)12-5-7-13(8-6-12)23-16-25-15(10-22-26-16)24-14-4-2-1-3-11(14)9-21/h1-8,10H,(H2,23,24,25,26). The van der Waals surface area contributed by atoms with E-state index < -0.39 is 11.7 Å². The van der Waals surface area contributed by atoms with Gasteiger partial charge in [-0.1, -0.05) is 12.1 Å². The fraction of sp³-hybridized carbons (Fsp3) is 0.0588. The van der Waals surface area contributed by atoms with E-state index in [9.17, 15) is 13.2 Å². The quantitative estimate of drug-likeness (QED) is 0.727. The van der Waals surface area contributed by atoms with E-state index in [2.05, 4.69) is 31.9 Å². The lowest BCUT2D eigenvalue weighted by molar-refractivity contribution is -0.137. The van der Waals surface area contributed by atoms with E-state index in [-0.39, 0.29) is 5.95 Å². The van der Waals surface area contributed by atoms with Gasteiger partial charge < -0.3 is 10.6 Å². The number of halogens is 3. The Bertz CT molecular complexity index is 948. The third kappa shape index (κ3) is 4.05. The number of anilines is 4. The highest BCUT2D eigenvalue weighted by atomic mass is 19.4. The molecule has 0 bridgehead atoms. The van der Waals surface area contributed by atoms with Crippen LogP contribution in [0.3, 0.4) is 0 Å². The summed E-state index contributed by atoms with van der Waals surface area (Å²) in [5.41, 5.74) is 0.624. The molecular weight excluding hydrogens is 345 g/mol. The molecule has 130 valence electrons. The molecule has 1 aromatic heterocycles. The van der Waals surface area contributed by atoms with E-state index in [1.807, 2.05) is 0 Å². The van der Waals surface area contributed by atoms with Crippen molar-refractivity contribution in [2.75, 3.05) is 10.6 Å². The molecule has 2 N–H and O–H groups in total. The minimum Gasteiger partial charge on any atom is -0.338 e. The molecule has 3 aromatic rings. The van der Waals surface area contributed by atoms with E-state index in [1.54, 1.807) is 24.3 Å². The van der Waals surface area contributed by atoms with Gasteiger partial charge in [-0.2, -0.15) is 28.5 Å². The normalized spacial score (nSPS) is 10.8. The van der Waals surface area contributed by atoms with Crippen LogP contribution in [0, 0.1) is 11.3 Å². The Balaban J connectivity index is 1.76. The van der Waals surface area contributed by atoms with Crippen molar-refractivity contribution in [1.29, 1.82) is 5.26 Å². The first-order valence-electron chi connectivity index (χ1n) is 7.36. The van der Waals surface area contributed by atoms with Gasteiger partial charge in [0.25, 0.3) is 0 Å². The van der Waals surface area contributed by atoms with Crippen molar-refractivity contribution < 1.29 is 13.2 Å². The van der Waals surface area contributed by atoms with Crippen LogP contribution < -0.4 is 10.6 Å². The Labute approximate surface area is 146 Å². The van der Waals surface area contributed by atoms with Crippen LogP contribution in [0.5, 0.6) is 0 Å². The van der Waals surface area contributed by atoms with Gasteiger partial charge in [0.2, 0.25) is 5.95 Å². The van der Waals surface area contributed by atoms with Gasteiger partial charge in [-0.25, -0.2) is 0 Å². The number of benzene rings is 2. The molecule has 0 aliphatic rings. The van der Waals surface area contributed by atoms with Crippen LogP contribution in [-0.4, -0.2) is 15.2 Å². The summed E-state index contributed by atoms with van der Waals surface area (Å²) in [7, 11) is 0. The van der Waals surface area contributed by atoms with Gasteiger partial charge in [-0.05, 0) is 36.4 Å². The van der Waals surface area contributed by atoms with Gasteiger partial charge in [0.1, 0.15) is 6.07 Å². The molecule has 0 radical (unpaired) electrons. The highest BCUT2D eigenvalue weighted by Crippen LogP contribution is 2.30. The molecule has 3 rings (SSSR count). The number of nitrogens with zero attached hydrogens (tertiary/aromatic N) is 4. The highest BCUT2D eigenvalue weighted by Gasteiger charge is 2.29. The highest BCUT2D eigenvalue weighted by molar-refractivity contribution is 5.64. The number of alkyl halides is 3.